The van der Waals surface area contributed by atoms with Crippen LogP contribution in [0.25, 0.3) is 0 Å². The minimum absolute atomic E-state index is 0. The molecule has 0 saturated heterocycles. The van der Waals surface area contributed by atoms with E-state index in [1.165, 1.54) is 32.1 Å². The molecule has 0 saturated carbocycles. The van der Waals surface area contributed by atoms with E-state index < -0.39 is 0 Å². The summed E-state index contributed by atoms with van der Waals surface area (Å²) in [6.45, 7) is 12.9. The predicted molar refractivity (Wildman–Crippen MR) is 89.4 cm³/mol. The van der Waals surface area contributed by atoms with E-state index in [9.17, 15) is 0 Å². The highest BCUT2D eigenvalue weighted by Crippen LogP contribution is 2.09. The van der Waals surface area contributed by atoms with Gasteiger partial charge >= 0.3 is 0 Å². The van der Waals surface area contributed by atoms with Crippen LogP contribution in [0.5, 0.6) is 0 Å². The van der Waals surface area contributed by atoms with E-state index in [0.29, 0.717) is 12.6 Å². The molecule has 3 heteroatoms. The summed E-state index contributed by atoms with van der Waals surface area (Å²) in [6.07, 6.45) is 6.56. The van der Waals surface area contributed by atoms with E-state index in [0.717, 1.165) is 32.3 Å². The molecule has 0 fully saturated rings. The van der Waals surface area contributed by atoms with Gasteiger partial charge in [-0.3, -0.25) is 0 Å². The lowest BCUT2D eigenvalue weighted by molar-refractivity contribution is 0.0469. The van der Waals surface area contributed by atoms with E-state index in [-0.39, 0.29) is 7.43 Å². The summed E-state index contributed by atoms with van der Waals surface area (Å²) in [5.41, 5.74) is 0. The first-order chi connectivity index (χ1) is 9.13. The summed E-state index contributed by atoms with van der Waals surface area (Å²) < 4.78 is 11.0. The fourth-order valence-corrected chi connectivity index (χ4v) is 1.85. The van der Waals surface area contributed by atoms with Crippen molar-refractivity contribution < 1.29 is 9.47 Å². The van der Waals surface area contributed by atoms with Crippen molar-refractivity contribution in [1.82, 2.24) is 5.32 Å². The molecule has 0 spiro atoms. The van der Waals surface area contributed by atoms with Crippen LogP contribution in [0.4, 0.5) is 0 Å². The molecule has 0 heterocycles. The predicted octanol–water partition coefficient (Wildman–Crippen LogP) is 4.26. The Hall–Kier alpha value is -0.120. The van der Waals surface area contributed by atoms with Crippen molar-refractivity contribution in [3.05, 3.63) is 0 Å². The van der Waals surface area contributed by atoms with Crippen molar-refractivity contribution in [2.45, 2.75) is 73.3 Å². The van der Waals surface area contributed by atoms with E-state index in [1.807, 2.05) is 0 Å². The van der Waals surface area contributed by atoms with Gasteiger partial charge in [-0.1, -0.05) is 60.8 Å². The van der Waals surface area contributed by atoms with Crippen LogP contribution < -0.4 is 5.32 Å². The molecule has 0 aliphatic carbocycles. The molecule has 0 aromatic rings. The molecule has 124 valence electrons. The van der Waals surface area contributed by atoms with Gasteiger partial charge in [0.25, 0.3) is 0 Å². The van der Waals surface area contributed by atoms with Gasteiger partial charge in [0.15, 0.2) is 0 Å². The molecular weight excluding hydrogens is 250 g/mol. The van der Waals surface area contributed by atoms with Crippen molar-refractivity contribution >= 4 is 0 Å². The molecule has 0 aromatic carbocycles. The Balaban J connectivity index is 0. The lowest BCUT2D eigenvalue weighted by Crippen LogP contribution is -2.27. The number of unbranched alkanes of at least 4 members (excludes halogenated alkanes) is 3. The van der Waals surface area contributed by atoms with Crippen LogP contribution in [0.3, 0.4) is 0 Å². The highest BCUT2D eigenvalue weighted by atomic mass is 16.5. The second-order valence-electron chi connectivity index (χ2n) is 5.93. The SMILES string of the molecule is C.CC(C)CCCCCCOCCOCCNC(C)C. The lowest BCUT2D eigenvalue weighted by Gasteiger charge is -2.09. The van der Waals surface area contributed by atoms with Gasteiger partial charge in [0.2, 0.25) is 0 Å². The van der Waals surface area contributed by atoms with Crippen LogP contribution in [-0.2, 0) is 9.47 Å². The van der Waals surface area contributed by atoms with Gasteiger partial charge in [-0.05, 0) is 12.3 Å². The highest BCUT2D eigenvalue weighted by molar-refractivity contribution is 4.51. The van der Waals surface area contributed by atoms with Crippen LogP contribution in [0.2, 0.25) is 0 Å². The van der Waals surface area contributed by atoms with Gasteiger partial charge < -0.3 is 14.8 Å². The first kappa shape index (κ1) is 22.2. The summed E-state index contributed by atoms with van der Waals surface area (Å²) >= 11 is 0. The summed E-state index contributed by atoms with van der Waals surface area (Å²) in [5, 5.41) is 3.32. The number of hydrogen-bond donors (Lipinski definition) is 1. The zero-order valence-corrected chi connectivity index (χ0v) is 13.5. The Morgan fingerprint density at radius 2 is 1.35 bits per heavy atom. The normalized spacial score (nSPS) is 11.1. The number of hydrogen-bond acceptors (Lipinski definition) is 3. The van der Waals surface area contributed by atoms with Crippen molar-refractivity contribution in [1.29, 1.82) is 0 Å². The van der Waals surface area contributed by atoms with E-state index in [4.69, 9.17) is 9.47 Å². The Morgan fingerprint density at radius 3 is 1.95 bits per heavy atom. The van der Waals surface area contributed by atoms with E-state index in [1.54, 1.807) is 0 Å². The van der Waals surface area contributed by atoms with Crippen LogP contribution in [0.1, 0.15) is 67.2 Å². The summed E-state index contributed by atoms with van der Waals surface area (Å²) in [5.74, 6) is 0.846. The van der Waals surface area contributed by atoms with Gasteiger partial charge in [-0.15, -0.1) is 0 Å². The first-order valence-electron chi connectivity index (χ1n) is 8.01. The summed E-state index contributed by atoms with van der Waals surface area (Å²) in [6, 6.07) is 0.538. The third kappa shape index (κ3) is 20.2. The molecule has 0 aliphatic heterocycles. The van der Waals surface area contributed by atoms with Crippen LogP contribution in [0.15, 0.2) is 0 Å². The van der Waals surface area contributed by atoms with Crippen molar-refractivity contribution in [2.24, 2.45) is 5.92 Å². The highest BCUT2D eigenvalue weighted by Gasteiger charge is 1.95. The largest absolute Gasteiger partial charge is 0.379 e. The topological polar surface area (TPSA) is 30.5 Å². The minimum atomic E-state index is 0. The standard InChI is InChI=1S/C16H35NO2.CH4/c1-15(2)9-7-5-6-8-11-18-13-14-19-12-10-17-16(3)4;/h15-17H,5-14H2,1-4H3;1H4. The quantitative estimate of drug-likeness (QED) is 0.485. The third-order valence-corrected chi connectivity index (χ3v) is 2.99. The molecule has 0 atom stereocenters. The Morgan fingerprint density at radius 1 is 0.750 bits per heavy atom. The van der Waals surface area contributed by atoms with Crippen LogP contribution >= 0.6 is 0 Å². The summed E-state index contributed by atoms with van der Waals surface area (Å²) in [7, 11) is 0. The maximum atomic E-state index is 5.54. The molecule has 20 heavy (non-hydrogen) atoms. The van der Waals surface area contributed by atoms with Crippen LogP contribution in [0, 0.1) is 5.92 Å². The minimum Gasteiger partial charge on any atom is -0.379 e. The second kappa shape index (κ2) is 16.9. The molecule has 0 unspecified atom stereocenters. The van der Waals surface area contributed by atoms with E-state index in [2.05, 4.69) is 33.0 Å². The zero-order valence-electron chi connectivity index (χ0n) is 13.5. The Labute approximate surface area is 127 Å². The first-order valence-corrected chi connectivity index (χ1v) is 8.01. The zero-order chi connectivity index (χ0) is 14.3. The fourth-order valence-electron chi connectivity index (χ4n) is 1.85. The van der Waals surface area contributed by atoms with Gasteiger partial charge in [0, 0.05) is 19.2 Å². The molecule has 1 N–H and O–H groups in total. The number of nitrogens with one attached hydrogen (secondary N) is 1. The number of ether oxygens (including phenoxy) is 2. The second-order valence-corrected chi connectivity index (χ2v) is 5.93. The molecular formula is C17H39NO2. The van der Waals surface area contributed by atoms with Gasteiger partial charge in [0.1, 0.15) is 0 Å². The molecule has 0 aliphatic rings. The van der Waals surface area contributed by atoms with Gasteiger partial charge in [-0.2, -0.15) is 0 Å². The maximum Gasteiger partial charge on any atom is 0.0701 e. The lowest BCUT2D eigenvalue weighted by atomic mass is 10.0. The Bertz CT molecular complexity index is 154. The number of rotatable bonds is 14. The molecule has 3 nitrogen and oxygen atoms in total. The maximum absolute atomic E-state index is 5.54. The molecule has 0 radical (unpaired) electrons. The monoisotopic (exact) mass is 289 g/mol. The smallest absolute Gasteiger partial charge is 0.0701 e. The van der Waals surface area contributed by atoms with Crippen molar-refractivity contribution in [2.75, 3.05) is 33.0 Å². The molecule has 0 rings (SSSR count). The fraction of sp³-hybridized carbons (Fsp3) is 1.00. The molecule has 0 bridgehead atoms. The van der Waals surface area contributed by atoms with Gasteiger partial charge in [-0.25, -0.2) is 0 Å². The third-order valence-electron chi connectivity index (χ3n) is 2.99. The molecule has 0 aromatic heterocycles. The average Bonchev–Trinajstić information content (AvgIpc) is 2.34. The van der Waals surface area contributed by atoms with Crippen LogP contribution in [-0.4, -0.2) is 39.0 Å². The average molecular weight is 290 g/mol. The van der Waals surface area contributed by atoms with Crippen molar-refractivity contribution in [3.8, 4) is 0 Å². The summed E-state index contributed by atoms with van der Waals surface area (Å²) in [4.78, 5) is 0. The van der Waals surface area contributed by atoms with Gasteiger partial charge in [0.05, 0.1) is 19.8 Å². The van der Waals surface area contributed by atoms with E-state index >= 15 is 0 Å². The molecule has 0 amide bonds. The Kier molecular flexibility index (Phi) is 18.8. The van der Waals surface area contributed by atoms with Crippen molar-refractivity contribution in [3.63, 3.8) is 0 Å².